The summed E-state index contributed by atoms with van der Waals surface area (Å²) in [5.41, 5.74) is 1.41. The molecule has 0 spiro atoms. The molecule has 0 radical (unpaired) electrons. The van der Waals surface area contributed by atoms with Crippen LogP contribution in [0.15, 0.2) is 55.2 Å². The van der Waals surface area contributed by atoms with E-state index >= 15 is 0 Å². The van der Waals surface area contributed by atoms with Gasteiger partial charge in [0.25, 0.3) is 8.32 Å². The van der Waals surface area contributed by atoms with Crippen LogP contribution >= 0.6 is 0 Å². The second kappa shape index (κ2) is 13.1. The molecule has 0 saturated heterocycles. The first-order valence-electron chi connectivity index (χ1n) is 13.0. The number of carbonyl (C=O) groups excluding carboxylic acids is 2. The molecule has 3 atom stereocenters. The van der Waals surface area contributed by atoms with Crippen LogP contribution in [0.4, 0.5) is 0 Å². The van der Waals surface area contributed by atoms with Gasteiger partial charge in [-0.05, 0) is 60.9 Å². The number of hydrogen-bond donors (Lipinski definition) is 0. The van der Waals surface area contributed by atoms with E-state index in [9.17, 15) is 9.59 Å². The quantitative estimate of drug-likeness (QED) is 0.164. The third-order valence-electron chi connectivity index (χ3n) is 7.38. The third-order valence-corrected chi connectivity index (χ3v) is 11.7. The van der Waals surface area contributed by atoms with Crippen molar-refractivity contribution >= 4 is 20.3 Å². The van der Waals surface area contributed by atoms with Crippen molar-refractivity contribution in [2.45, 2.75) is 84.5 Å². The van der Waals surface area contributed by atoms with Crippen molar-refractivity contribution in [3.05, 3.63) is 66.3 Å². The van der Waals surface area contributed by atoms with Crippen LogP contribution in [0.3, 0.4) is 0 Å². The van der Waals surface area contributed by atoms with E-state index in [2.05, 4.69) is 66.4 Å². The summed E-state index contributed by atoms with van der Waals surface area (Å²) in [6.07, 6.45) is 11.4. The molecule has 36 heavy (non-hydrogen) atoms. The second-order valence-corrected chi connectivity index (χ2v) is 16.1. The molecule has 0 amide bonds. The van der Waals surface area contributed by atoms with E-state index in [-0.39, 0.29) is 23.7 Å². The zero-order valence-electron chi connectivity index (χ0n) is 23.1. The number of ether oxygens (including phenoxy) is 2. The van der Waals surface area contributed by atoms with E-state index in [0.29, 0.717) is 42.4 Å². The van der Waals surface area contributed by atoms with Crippen LogP contribution < -0.4 is 4.43 Å². The molecule has 1 aliphatic rings. The molecule has 1 aliphatic heterocycles. The van der Waals surface area contributed by atoms with Gasteiger partial charge >= 0.3 is 11.9 Å². The van der Waals surface area contributed by atoms with Gasteiger partial charge in [0.2, 0.25) is 0 Å². The molecule has 1 aromatic rings. The number of allylic oxidation sites excluding steroid dienone is 2. The van der Waals surface area contributed by atoms with Crippen molar-refractivity contribution in [2.24, 2.45) is 11.8 Å². The Morgan fingerprint density at radius 3 is 2.58 bits per heavy atom. The maximum absolute atomic E-state index is 13.7. The summed E-state index contributed by atoms with van der Waals surface area (Å²) < 4.78 is 17.8. The Balaban J connectivity index is 2.41. The SMILES string of the molecule is C=CCOC(=O)/C=C/CC1C[C@@H](C)[C@@H](C)C/C=C/Cc2cccc(O[Si](C)(C)C(C)(C)C)c2C(=O)O1. The van der Waals surface area contributed by atoms with Gasteiger partial charge in [-0.1, -0.05) is 77.6 Å². The molecule has 0 bridgehead atoms. The molecule has 0 saturated carbocycles. The van der Waals surface area contributed by atoms with Crippen LogP contribution in [0.1, 0.15) is 69.8 Å². The molecule has 198 valence electrons. The lowest BCUT2D eigenvalue weighted by atomic mass is 9.87. The molecule has 0 N–H and O–H groups in total. The van der Waals surface area contributed by atoms with Crippen molar-refractivity contribution in [1.82, 2.24) is 0 Å². The number of rotatable bonds is 7. The average Bonchev–Trinajstić information content (AvgIpc) is 2.78. The van der Waals surface area contributed by atoms with Gasteiger partial charge in [0, 0.05) is 12.5 Å². The minimum atomic E-state index is -2.18. The lowest BCUT2D eigenvalue weighted by Gasteiger charge is -2.37. The molecule has 0 aliphatic carbocycles. The molecule has 0 aromatic heterocycles. The Hall–Kier alpha value is -2.60. The lowest BCUT2D eigenvalue weighted by Crippen LogP contribution is -2.44. The van der Waals surface area contributed by atoms with Crippen LogP contribution in [0.5, 0.6) is 5.75 Å². The molecule has 1 aromatic carbocycles. The largest absolute Gasteiger partial charge is 0.543 e. The predicted octanol–water partition coefficient (Wildman–Crippen LogP) is 7.44. The van der Waals surface area contributed by atoms with Gasteiger partial charge < -0.3 is 13.9 Å². The van der Waals surface area contributed by atoms with Crippen molar-refractivity contribution in [1.29, 1.82) is 0 Å². The second-order valence-electron chi connectivity index (χ2n) is 11.3. The van der Waals surface area contributed by atoms with Gasteiger partial charge in [-0.25, -0.2) is 9.59 Å². The van der Waals surface area contributed by atoms with Crippen LogP contribution in [-0.4, -0.2) is 33.0 Å². The minimum Gasteiger partial charge on any atom is -0.543 e. The van der Waals surface area contributed by atoms with Gasteiger partial charge in [-0.2, -0.15) is 0 Å². The maximum Gasteiger partial charge on any atom is 0.342 e. The molecule has 2 rings (SSSR count). The summed E-state index contributed by atoms with van der Waals surface area (Å²) in [7, 11) is -2.18. The van der Waals surface area contributed by atoms with Crippen LogP contribution in [0, 0.1) is 11.8 Å². The fourth-order valence-electron chi connectivity index (χ4n) is 3.80. The first-order valence-corrected chi connectivity index (χ1v) is 15.9. The molecular formula is C30H44O5Si. The summed E-state index contributed by atoms with van der Waals surface area (Å²) in [6.45, 7) is 19.0. The monoisotopic (exact) mass is 512 g/mol. The summed E-state index contributed by atoms with van der Waals surface area (Å²) in [4.78, 5) is 25.5. The highest BCUT2D eigenvalue weighted by atomic mass is 28.4. The van der Waals surface area contributed by atoms with Crippen molar-refractivity contribution < 1.29 is 23.5 Å². The lowest BCUT2D eigenvalue weighted by molar-refractivity contribution is -0.136. The van der Waals surface area contributed by atoms with Crippen molar-refractivity contribution in [3.8, 4) is 5.75 Å². The molecule has 1 unspecified atom stereocenters. The minimum absolute atomic E-state index is 0.00990. The zero-order valence-corrected chi connectivity index (χ0v) is 24.1. The predicted molar refractivity (Wildman–Crippen MR) is 149 cm³/mol. The molecule has 0 fully saturated rings. The van der Waals surface area contributed by atoms with Crippen LogP contribution in [0.2, 0.25) is 18.1 Å². The normalized spacial score (nSPS) is 22.5. The van der Waals surface area contributed by atoms with Gasteiger partial charge in [0.15, 0.2) is 0 Å². The van der Waals surface area contributed by atoms with E-state index in [1.807, 2.05) is 18.2 Å². The topological polar surface area (TPSA) is 61.8 Å². The highest BCUT2D eigenvalue weighted by Crippen LogP contribution is 2.39. The maximum atomic E-state index is 13.7. The Labute approximate surface area is 218 Å². The number of hydrogen-bond acceptors (Lipinski definition) is 5. The number of benzene rings is 1. The Morgan fingerprint density at radius 2 is 1.92 bits per heavy atom. The Morgan fingerprint density at radius 1 is 1.19 bits per heavy atom. The summed E-state index contributed by atoms with van der Waals surface area (Å²) in [6, 6.07) is 5.81. The Kier molecular flexibility index (Phi) is 10.8. The fraction of sp³-hybridized carbons (Fsp3) is 0.533. The smallest absolute Gasteiger partial charge is 0.342 e. The van der Waals surface area contributed by atoms with E-state index in [4.69, 9.17) is 13.9 Å². The van der Waals surface area contributed by atoms with Crippen LogP contribution in [0.25, 0.3) is 0 Å². The molecule has 5 nitrogen and oxygen atoms in total. The van der Waals surface area contributed by atoms with E-state index < -0.39 is 14.3 Å². The Bertz CT molecular complexity index is 970. The number of fused-ring (bicyclic) bond motifs is 1. The third kappa shape index (κ3) is 8.51. The van der Waals surface area contributed by atoms with Gasteiger partial charge in [-0.3, -0.25) is 0 Å². The fourth-order valence-corrected chi connectivity index (χ4v) is 4.83. The van der Waals surface area contributed by atoms with Gasteiger partial charge in [-0.15, -0.1) is 0 Å². The zero-order chi connectivity index (χ0) is 26.9. The van der Waals surface area contributed by atoms with E-state index in [1.165, 1.54) is 12.2 Å². The molecular weight excluding hydrogens is 468 g/mol. The van der Waals surface area contributed by atoms with Crippen molar-refractivity contribution in [3.63, 3.8) is 0 Å². The first-order chi connectivity index (χ1) is 16.9. The van der Waals surface area contributed by atoms with E-state index in [0.717, 1.165) is 12.0 Å². The average molecular weight is 513 g/mol. The van der Waals surface area contributed by atoms with Crippen LogP contribution in [-0.2, 0) is 20.7 Å². The van der Waals surface area contributed by atoms with Gasteiger partial charge in [0.05, 0.1) is 0 Å². The number of cyclic esters (lactones) is 1. The van der Waals surface area contributed by atoms with Gasteiger partial charge in [0.1, 0.15) is 24.0 Å². The molecule has 1 heterocycles. The first kappa shape index (κ1) is 29.6. The van der Waals surface area contributed by atoms with Crippen molar-refractivity contribution in [2.75, 3.05) is 6.61 Å². The standard InChI is InChI=1S/C30H44O5Si/c1-9-20-33-27(31)19-13-17-25-21-23(3)22(2)14-10-11-15-24-16-12-18-26(28(24)29(32)34-25)35-36(7,8)30(4,5)6/h9-13,16,18-19,22-23,25H,1,14-15,17,20-21H2,2-8H3/b11-10+,19-13+/t22-,23+,25?/m0/s1. The summed E-state index contributed by atoms with van der Waals surface area (Å²) >= 11 is 0. The molecule has 6 heteroatoms. The highest BCUT2D eigenvalue weighted by molar-refractivity contribution is 6.74. The summed E-state index contributed by atoms with van der Waals surface area (Å²) in [5.74, 6) is 0.567. The highest BCUT2D eigenvalue weighted by Gasteiger charge is 2.40. The van der Waals surface area contributed by atoms with E-state index in [1.54, 1.807) is 6.08 Å². The number of esters is 2. The summed E-state index contributed by atoms with van der Waals surface area (Å²) in [5, 5.41) is -0.00990. The number of carbonyl (C=O) groups is 2.